The quantitative estimate of drug-likeness (QED) is 0.747. The molecule has 3 nitrogen and oxygen atoms in total. The van der Waals surface area contributed by atoms with Gasteiger partial charge in [0.25, 0.3) is 5.91 Å². The Balaban J connectivity index is 1.38. The van der Waals surface area contributed by atoms with Crippen LogP contribution in [0.2, 0.25) is 5.15 Å². The summed E-state index contributed by atoms with van der Waals surface area (Å²) in [5.74, 6) is 5.53. The monoisotopic (exact) mass is 302 g/mol. The van der Waals surface area contributed by atoms with Crippen LogP contribution in [0.5, 0.6) is 0 Å². The van der Waals surface area contributed by atoms with Crippen molar-refractivity contribution in [3.8, 4) is 0 Å². The van der Waals surface area contributed by atoms with Crippen molar-refractivity contribution in [3.63, 3.8) is 0 Å². The number of aromatic nitrogens is 1. The number of hydrogen-bond acceptors (Lipinski definition) is 2. The highest BCUT2D eigenvalue weighted by Gasteiger charge is 2.63. The number of carbonyl (C=O) groups is 1. The van der Waals surface area contributed by atoms with Gasteiger partial charge in [-0.3, -0.25) is 4.79 Å². The number of likely N-dealkylation sites (tertiary alicyclic amines) is 1. The Morgan fingerprint density at radius 1 is 1.05 bits per heavy atom. The summed E-state index contributed by atoms with van der Waals surface area (Å²) in [5, 5.41) is 0.444. The first kappa shape index (κ1) is 12.5. The zero-order chi connectivity index (χ0) is 14.1. The van der Waals surface area contributed by atoms with Crippen LogP contribution in [0.15, 0.2) is 18.3 Å². The lowest BCUT2D eigenvalue weighted by Crippen LogP contribution is -2.40. The Hall–Kier alpha value is -1.09. The first-order valence-electron chi connectivity index (χ1n) is 8.13. The molecule has 1 saturated heterocycles. The van der Waals surface area contributed by atoms with Crippen LogP contribution in [0.4, 0.5) is 0 Å². The maximum absolute atomic E-state index is 12.7. The van der Waals surface area contributed by atoms with Gasteiger partial charge < -0.3 is 4.90 Å². The number of nitrogens with zero attached hydrogens (tertiary/aromatic N) is 2. The van der Waals surface area contributed by atoms with Gasteiger partial charge in [0.2, 0.25) is 0 Å². The number of hydrogen-bond donors (Lipinski definition) is 0. The molecule has 6 unspecified atom stereocenters. The van der Waals surface area contributed by atoms with Gasteiger partial charge in [0, 0.05) is 19.3 Å². The van der Waals surface area contributed by atoms with E-state index < -0.39 is 0 Å². The minimum absolute atomic E-state index is 0.140. The third-order valence-electron chi connectivity index (χ3n) is 6.60. The van der Waals surface area contributed by atoms with E-state index >= 15 is 0 Å². The highest BCUT2D eigenvalue weighted by atomic mass is 35.5. The van der Waals surface area contributed by atoms with Crippen molar-refractivity contribution in [1.82, 2.24) is 9.88 Å². The van der Waals surface area contributed by atoms with Gasteiger partial charge in [0.1, 0.15) is 5.15 Å². The highest BCUT2D eigenvalue weighted by molar-refractivity contribution is 6.29. The van der Waals surface area contributed by atoms with Crippen LogP contribution in [0.1, 0.15) is 29.6 Å². The van der Waals surface area contributed by atoms with Crippen LogP contribution < -0.4 is 0 Å². The normalized spacial score (nSPS) is 42.6. The summed E-state index contributed by atoms with van der Waals surface area (Å²) in [7, 11) is 0. The van der Waals surface area contributed by atoms with E-state index in [9.17, 15) is 4.79 Å². The van der Waals surface area contributed by atoms with Crippen molar-refractivity contribution < 1.29 is 4.79 Å². The van der Waals surface area contributed by atoms with Gasteiger partial charge in [-0.05, 0) is 66.9 Å². The number of pyridine rings is 1. The summed E-state index contributed by atoms with van der Waals surface area (Å²) in [6.45, 7) is 1.94. The molecular formula is C17H19ClN2O. The predicted molar refractivity (Wildman–Crippen MR) is 79.9 cm³/mol. The molecule has 5 fully saturated rings. The van der Waals surface area contributed by atoms with Gasteiger partial charge in [0.05, 0.1) is 5.56 Å². The average Bonchev–Trinajstić information content (AvgIpc) is 3.20. The van der Waals surface area contributed by atoms with E-state index in [2.05, 4.69) is 9.88 Å². The second-order valence-corrected chi connectivity index (χ2v) is 7.76. The molecule has 0 aromatic carbocycles. The van der Waals surface area contributed by atoms with E-state index in [1.54, 1.807) is 18.3 Å². The summed E-state index contributed by atoms with van der Waals surface area (Å²) in [6, 6.07) is 3.50. The predicted octanol–water partition coefficient (Wildman–Crippen LogP) is 3.10. The molecular weight excluding hydrogens is 284 g/mol. The van der Waals surface area contributed by atoms with Crippen LogP contribution in [-0.2, 0) is 0 Å². The highest BCUT2D eigenvalue weighted by Crippen LogP contribution is 2.67. The van der Waals surface area contributed by atoms with Crippen LogP contribution in [0, 0.1) is 35.5 Å². The molecule has 1 aliphatic heterocycles. The van der Waals surface area contributed by atoms with Crippen molar-refractivity contribution >= 4 is 17.5 Å². The third-order valence-corrected chi connectivity index (χ3v) is 6.82. The Morgan fingerprint density at radius 2 is 1.71 bits per heavy atom. The summed E-state index contributed by atoms with van der Waals surface area (Å²) >= 11 is 5.81. The second kappa shape index (κ2) is 4.22. The zero-order valence-electron chi connectivity index (χ0n) is 11.9. The molecule has 2 bridgehead atoms. The van der Waals surface area contributed by atoms with E-state index in [0.29, 0.717) is 10.7 Å². The van der Waals surface area contributed by atoms with Crippen molar-refractivity contribution in [1.29, 1.82) is 0 Å². The van der Waals surface area contributed by atoms with Gasteiger partial charge in [-0.25, -0.2) is 4.98 Å². The molecule has 110 valence electrons. The van der Waals surface area contributed by atoms with Crippen LogP contribution in [-0.4, -0.2) is 28.9 Å². The molecule has 5 aliphatic rings. The van der Waals surface area contributed by atoms with Crippen LogP contribution in [0.3, 0.4) is 0 Å². The van der Waals surface area contributed by atoms with E-state index in [4.69, 9.17) is 11.6 Å². The van der Waals surface area contributed by atoms with Crippen LogP contribution >= 0.6 is 11.6 Å². The van der Waals surface area contributed by atoms with Gasteiger partial charge in [-0.1, -0.05) is 11.6 Å². The first-order valence-corrected chi connectivity index (χ1v) is 8.51. The first-order chi connectivity index (χ1) is 10.2. The molecule has 21 heavy (non-hydrogen) atoms. The summed E-state index contributed by atoms with van der Waals surface area (Å²) in [6.07, 6.45) is 5.92. The number of halogens is 1. The average molecular weight is 303 g/mol. The minimum atomic E-state index is 0.140. The summed E-state index contributed by atoms with van der Waals surface area (Å²) < 4.78 is 0. The molecule has 6 rings (SSSR count). The molecule has 4 aliphatic carbocycles. The van der Waals surface area contributed by atoms with E-state index in [1.165, 1.54) is 19.3 Å². The molecule has 6 atom stereocenters. The maximum Gasteiger partial charge on any atom is 0.255 e. The van der Waals surface area contributed by atoms with Gasteiger partial charge >= 0.3 is 0 Å². The third kappa shape index (κ3) is 1.73. The lowest BCUT2D eigenvalue weighted by molar-refractivity contribution is 0.0464. The molecule has 1 aromatic heterocycles. The Bertz CT molecular complexity index is 577. The fraction of sp³-hybridized carbons (Fsp3) is 0.647. The van der Waals surface area contributed by atoms with Gasteiger partial charge in [0.15, 0.2) is 0 Å². The van der Waals surface area contributed by atoms with E-state index in [0.717, 1.165) is 48.6 Å². The smallest absolute Gasteiger partial charge is 0.255 e. The fourth-order valence-corrected chi connectivity index (χ4v) is 5.82. The topological polar surface area (TPSA) is 33.2 Å². The van der Waals surface area contributed by atoms with Crippen molar-refractivity contribution in [2.45, 2.75) is 19.3 Å². The largest absolute Gasteiger partial charge is 0.338 e. The summed E-state index contributed by atoms with van der Waals surface area (Å²) in [5.41, 5.74) is 0.676. The van der Waals surface area contributed by atoms with Crippen molar-refractivity contribution in [2.24, 2.45) is 35.5 Å². The maximum atomic E-state index is 12.7. The zero-order valence-corrected chi connectivity index (χ0v) is 12.7. The van der Waals surface area contributed by atoms with E-state index in [-0.39, 0.29) is 5.91 Å². The fourth-order valence-electron chi connectivity index (χ4n) is 5.71. The summed E-state index contributed by atoms with van der Waals surface area (Å²) in [4.78, 5) is 18.8. The molecule has 4 saturated carbocycles. The Morgan fingerprint density at radius 3 is 2.29 bits per heavy atom. The van der Waals surface area contributed by atoms with Gasteiger partial charge in [-0.15, -0.1) is 0 Å². The van der Waals surface area contributed by atoms with Gasteiger partial charge in [-0.2, -0.15) is 0 Å². The molecule has 4 heteroatoms. The number of rotatable bonds is 1. The van der Waals surface area contributed by atoms with Crippen molar-refractivity contribution in [2.75, 3.05) is 13.1 Å². The Labute approximate surface area is 129 Å². The lowest BCUT2D eigenvalue weighted by atomic mass is 9.60. The molecule has 1 amide bonds. The van der Waals surface area contributed by atoms with Crippen molar-refractivity contribution in [3.05, 3.63) is 29.0 Å². The SMILES string of the molecule is O=C(c1ccc(Cl)nc1)N1CC2C3CCC(C4CC34)C2C1. The molecule has 0 radical (unpaired) electrons. The standard InChI is InChI=1S/C17H19ClN2O/c18-16-4-1-9(6-19-16)17(21)20-7-14-10-2-3-11(15(14)8-20)13-5-12(10)13/h1,4,6,10-15H,2-3,5,7-8H2. The second-order valence-electron chi connectivity index (χ2n) is 7.38. The number of fused-ring (bicyclic) bond motifs is 1. The van der Waals surface area contributed by atoms with Crippen LogP contribution in [0.25, 0.3) is 0 Å². The number of amides is 1. The van der Waals surface area contributed by atoms with E-state index in [1.807, 2.05) is 0 Å². The number of carbonyl (C=O) groups excluding carboxylic acids is 1. The molecule has 0 N–H and O–H groups in total. The molecule has 1 aromatic rings. The lowest BCUT2D eigenvalue weighted by Gasteiger charge is -2.44. The Kier molecular flexibility index (Phi) is 2.50. The molecule has 0 spiro atoms. The molecule has 2 heterocycles. The minimum Gasteiger partial charge on any atom is -0.338 e.